The molecule has 0 spiro atoms. The monoisotopic (exact) mass is 1210 g/mol. The van der Waals surface area contributed by atoms with Gasteiger partial charge in [-0.2, -0.15) is 0 Å². The summed E-state index contributed by atoms with van der Waals surface area (Å²) < 4.78 is 4.80. The fraction of sp³-hybridized carbons (Fsp3) is 0.0110. The van der Waals surface area contributed by atoms with E-state index in [0.29, 0.717) is 0 Å². The molecule has 0 N–H and O–H groups in total. The molecule has 4 heteroatoms. The van der Waals surface area contributed by atoms with Crippen LogP contribution in [-0.2, 0) is 0 Å². The maximum Gasteiger partial charge on any atom is 0.0618 e. The summed E-state index contributed by atoms with van der Waals surface area (Å²) in [5.74, 6) is 0. The zero-order chi connectivity index (χ0) is 62.7. The van der Waals surface area contributed by atoms with E-state index in [2.05, 4.69) is 372 Å². The lowest BCUT2D eigenvalue weighted by atomic mass is 9.80. The summed E-state index contributed by atoms with van der Waals surface area (Å²) in [5.41, 5.74) is 19.7. The molecule has 0 saturated heterocycles. The molecule has 0 aliphatic heterocycles. The van der Waals surface area contributed by atoms with Crippen LogP contribution in [0.5, 0.6) is 0 Å². The Labute approximate surface area is 549 Å². The number of nitrogens with zero attached hydrogens (tertiary/aromatic N) is 4. The van der Waals surface area contributed by atoms with E-state index in [1.54, 1.807) is 0 Å². The van der Waals surface area contributed by atoms with Crippen LogP contribution in [0.4, 0.5) is 34.1 Å². The van der Waals surface area contributed by atoms with Crippen LogP contribution < -0.4 is 9.80 Å². The molecule has 444 valence electrons. The van der Waals surface area contributed by atoms with E-state index >= 15 is 0 Å². The molecule has 0 aliphatic carbocycles. The fourth-order valence-corrected chi connectivity index (χ4v) is 15.9. The van der Waals surface area contributed by atoms with Gasteiger partial charge in [-0.05, 0) is 187 Å². The Balaban J connectivity index is 0.825. The van der Waals surface area contributed by atoms with E-state index in [0.717, 1.165) is 45.5 Å². The molecule has 17 aromatic carbocycles. The summed E-state index contributed by atoms with van der Waals surface area (Å²) in [6.45, 7) is 2.24. The average molecular weight is 1210 g/mol. The van der Waals surface area contributed by atoms with Gasteiger partial charge in [0.05, 0.1) is 33.4 Å². The Bertz CT molecular complexity index is 6120. The molecule has 0 bridgehead atoms. The third kappa shape index (κ3) is 8.48. The van der Waals surface area contributed by atoms with Gasteiger partial charge >= 0.3 is 0 Å². The summed E-state index contributed by atoms with van der Waals surface area (Å²) in [7, 11) is 0. The van der Waals surface area contributed by atoms with Gasteiger partial charge in [0.15, 0.2) is 0 Å². The number of benzene rings is 17. The average Bonchev–Trinajstić information content (AvgIpc) is 1.38. The first-order valence-electron chi connectivity index (χ1n) is 32.8. The molecular weight excluding hydrogens is 1150 g/mol. The van der Waals surface area contributed by atoms with Crippen LogP contribution in [-0.4, -0.2) is 9.13 Å². The minimum Gasteiger partial charge on any atom is -0.310 e. The van der Waals surface area contributed by atoms with Crippen molar-refractivity contribution in [3.8, 4) is 33.6 Å². The SMILES string of the molecule is Cc1ccc2c(-c3c4ccccc4c(N(c4ccccc4)c4ccc(-n5c6ccccc6c6ccccc65)cc4)c4ccccc34)c3ccccc3c(-c3c4ccccc4cc4c(N(c5ccccc5)c5ccc(-n6c7ccccc7c7ccccc76)cc5)cccc34)c2c1. The molecule has 0 fully saturated rings. The molecular formula is C91H60N4. The predicted molar refractivity (Wildman–Crippen MR) is 405 cm³/mol. The lowest BCUT2D eigenvalue weighted by Gasteiger charge is -2.30. The highest BCUT2D eigenvalue weighted by Gasteiger charge is 2.28. The van der Waals surface area contributed by atoms with Crippen LogP contribution >= 0.6 is 0 Å². The fourth-order valence-electron chi connectivity index (χ4n) is 15.9. The topological polar surface area (TPSA) is 16.3 Å². The van der Waals surface area contributed by atoms with Crippen molar-refractivity contribution in [2.24, 2.45) is 0 Å². The largest absolute Gasteiger partial charge is 0.310 e. The quantitative estimate of drug-likeness (QED) is 0.127. The smallest absolute Gasteiger partial charge is 0.0618 e. The summed E-state index contributed by atoms with van der Waals surface area (Å²) >= 11 is 0. The van der Waals surface area contributed by atoms with Gasteiger partial charge in [0, 0.05) is 71.8 Å². The lowest BCUT2D eigenvalue weighted by Crippen LogP contribution is -2.11. The number of rotatable bonds is 10. The molecule has 95 heavy (non-hydrogen) atoms. The van der Waals surface area contributed by atoms with Crippen LogP contribution in [0.3, 0.4) is 0 Å². The predicted octanol–water partition coefficient (Wildman–Crippen LogP) is 25.4. The number of hydrogen-bond donors (Lipinski definition) is 0. The van der Waals surface area contributed by atoms with Crippen molar-refractivity contribution in [2.75, 3.05) is 9.80 Å². The van der Waals surface area contributed by atoms with Crippen LogP contribution in [0.25, 0.3) is 142 Å². The Hall–Kier alpha value is -12.5. The summed E-state index contributed by atoms with van der Waals surface area (Å²) in [6, 6.07) is 128. The normalized spacial score (nSPS) is 11.8. The van der Waals surface area contributed by atoms with E-state index < -0.39 is 0 Å². The van der Waals surface area contributed by atoms with Crippen molar-refractivity contribution in [2.45, 2.75) is 6.92 Å². The summed E-state index contributed by atoms with van der Waals surface area (Å²) in [4.78, 5) is 4.93. The lowest BCUT2D eigenvalue weighted by molar-refractivity contribution is 1.17. The van der Waals surface area contributed by atoms with E-state index in [-0.39, 0.29) is 0 Å². The molecule has 0 atom stereocenters. The Morgan fingerprint density at radius 2 is 0.537 bits per heavy atom. The second-order valence-corrected chi connectivity index (χ2v) is 25.1. The van der Waals surface area contributed by atoms with Crippen LogP contribution in [0.15, 0.2) is 346 Å². The maximum absolute atomic E-state index is 2.48. The number of para-hydroxylation sites is 6. The van der Waals surface area contributed by atoms with Crippen molar-refractivity contribution in [3.63, 3.8) is 0 Å². The van der Waals surface area contributed by atoms with Crippen LogP contribution in [0.1, 0.15) is 5.56 Å². The van der Waals surface area contributed by atoms with Gasteiger partial charge in [0.25, 0.3) is 0 Å². The number of hydrogen-bond acceptors (Lipinski definition) is 2. The first-order valence-corrected chi connectivity index (χ1v) is 32.8. The standard InChI is InChI=1S/C91H60N4/c1-59-47-56-77-81(57-59)90(87-67-30-9-8-25-60(67)58-80-76(87)41-24-46-86(80)92(61-26-4-2-5-27-61)63-48-52-65(53-49-63)94-82-42-20-16-31-68(82)69-32-17-21-43-83(69)94)73-36-11-10-35-72(73)88(77)89-74-37-12-14-39-78(74)91(79-40-15-13-38-75(79)89)93(62-28-6-3-7-29-62)64-50-54-66(55-51-64)95-84-44-22-18-33-70(84)71-34-19-23-45-85(71)95/h2-58H,1H3. The molecule has 0 unspecified atom stereocenters. The van der Waals surface area contributed by atoms with Gasteiger partial charge in [-0.1, -0.05) is 242 Å². The van der Waals surface area contributed by atoms with Crippen LogP contribution in [0, 0.1) is 6.92 Å². The minimum atomic E-state index is 1.07. The van der Waals surface area contributed by atoms with Crippen molar-refractivity contribution >= 4 is 142 Å². The van der Waals surface area contributed by atoms with Crippen LogP contribution in [0.2, 0.25) is 0 Å². The Morgan fingerprint density at radius 1 is 0.211 bits per heavy atom. The third-order valence-corrected chi connectivity index (χ3v) is 19.9. The summed E-state index contributed by atoms with van der Waals surface area (Å²) in [5, 5.41) is 19.3. The highest BCUT2D eigenvalue weighted by molar-refractivity contribution is 6.33. The molecule has 4 nitrogen and oxygen atoms in total. The zero-order valence-electron chi connectivity index (χ0n) is 52.2. The van der Waals surface area contributed by atoms with Gasteiger partial charge < -0.3 is 18.9 Å². The number of aryl methyl sites for hydroxylation is 1. The van der Waals surface area contributed by atoms with E-state index in [1.165, 1.54) is 136 Å². The number of fused-ring (bicyclic) bond motifs is 12. The minimum absolute atomic E-state index is 1.07. The maximum atomic E-state index is 2.48. The van der Waals surface area contributed by atoms with Crippen molar-refractivity contribution in [3.05, 3.63) is 351 Å². The van der Waals surface area contributed by atoms with Gasteiger partial charge in [-0.15, -0.1) is 0 Å². The van der Waals surface area contributed by atoms with Gasteiger partial charge in [0.2, 0.25) is 0 Å². The number of aromatic nitrogens is 2. The molecule has 0 amide bonds. The molecule has 0 radical (unpaired) electrons. The first kappa shape index (κ1) is 54.3. The van der Waals surface area contributed by atoms with Crippen molar-refractivity contribution in [1.82, 2.24) is 9.13 Å². The third-order valence-electron chi connectivity index (χ3n) is 19.9. The molecule has 2 heterocycles. The molecule has 2 aromatic heterocycles. The van der Waals surface area contributed by atoms with E-state index in [4.69, 9.17) is 0 Å². The molecule has 0 aliphatic rings. The molecule has 19 aromatic rings. The van der Waals surface area contributed by atoms with Gasteiger partial charge in [-0.25, -0.2) is 0 Å². The highest BCUT2D eigenvalue weighted by atomic mass is 15.2. The second kappa shape index (κ2) is 21.8. The Kier molecular flexibility index (Phi) is 12.5. The van der Waals surface area contributed by atoms with Gasteiger partial charge in [0.1, 0.15) is 0 Å². The number of anilines is 6. The Morgan fingerprint density at radius 3 is 1.02 bits per heavy atom. The first-order chi connectivity index (χ1) is 47.1. The zero-order valence-corrected chi connectivity index (χ0v) is 52.2. The van der Waals surface area contributed by atoms with Gasteiger partial charge in [-0.3, -0.25) is 0 Å². The van der Waals surface area contributed by atoms with Crippen molar-refractivity contribution < 1.29 is 0 Å². The second-order valence-electron chi connectivity index (χ2n) is 25.1. The summed E-state index contributed by atoms with van der Waals surface area (Å²) in [6.07, 6.45) is 0. The highest BCUT2D eigenvalue weighted by Crippen LogP contribution is 2.55. The van der Waals surface area contributed by atoms with Crippen molar-refractivity contribution in [1.29, 1.82) is 0 Å². The molecule has 0 saturated carbocycles. The van der Waals surface area contributed by atoms with E-state index in [1.807, 2.05) is 0 Å². The molecule has 19 rings (SSSR count). The van der Waals surface area contributed by atoms with E-state index in [9.17, 15) is 0 Å².